The van der Waals surface area contributed by atoms with E-state index in [1.165, 1.54) is 0 Å². The molecule has 0 fully saturated rings. The number of amides is 1. The topological polar surface area (TPSA) is 70.5 Å². The van der Waals surface area contributed by atoms with E-state index in [4.69, 9.17) is 5.11 Å². The Bertz CT molecular complexity index is 497. The average molecular weight is 298 g/mol. The fourth-order valence-electron chi connectivity index (χ4n) is 1.85. The lowest BCUT2D eigenvalue weighted by molar-refractivity contribution is -0.141. The van der Waals surface area contributed by atoms with Crippen molar-refractivity contribution in [2.45, 2.75) is 52.5 Å². The van der Waals surface area contributed by atoms with Gasteiger partial charge in [-0.2, -0.15) is 0 Å². The second kappa shape index (κ2) is 6.83. The van der Waals surface area contributed by atoms with Crippen molar-refractivity contribution in [1.29, 1.82) is 0 Å². The van der Waals surface area contributed by atoms with E-state index in [2.05, 4.69) is 18.8 Å². The lowest BCUT2D eigenvalue weighted by Gasteiger charge is -2.24. The van der Waals surface area contributed by atoms with Crippen LogP contribution in [-0.2, 0) is 9.59 Å². The van der Waals surface area contributed by atoms with Crippen molar-refractivity contribution in [3.63, 3.8) is 0 Å². The molecule has 0 aliphatic heterocycles. The molecule has 20 heavy (non-hydrogen) atoms. The molecule has 0 spiro atoms. The van der Waals surface area contributed by atoms with Gasteiger partial charge in [0, 0.05) is 24.3 Å². The number of aromatic nitrogens is 1. The third-order valence-electron chi connectivity index (χ3n) is 3.25. The van der Waals surface area contributed by atoms with Crippen LogP contribution in [-0.4, -0.2) is 33.9 Å². The van der Waals surface area contributed by atoms with Crippen molar-refractivity contribution >= 4 is 23.2 Å². The summed E-state index contributed by atoms with van der Waals surface area (Å²) >= 11 is 1.62. The first kappa shape index (κ1) is 16.6. The molecule has 1 rings (SSSR count). The second-order valence-corrected chi connectivity index (χ2v) is 6.29. The molecule has 0 aliphatic carbocycles. The number of hydrogen-bond donors (Lipinski definition) is 1. The Balaban J connectivity index is 2.80. The van der Waals surface area contributed by atoms with Gasteiger partial charge in [0.15, 0.2) is 0 Å². The number of carbonyl (C=O) groups excluding carboxylic acids is 1. The number of rotatable bonds is 6. The average Bonchev–Trinajstić information content (AvgIpc) is 2.76. The number of carbonyl (C=O) groups is 2. The number of thiazole rings is 1. The van der Waals surface area contributed by atoms with E-state index >= 15 is 0 Å². The summed E-state index contributed by atoms with van der Waals surface area (Å²) in [5, 5.41) is 9.70. The van der Waals surface area contributed by atoms with Crippen molar-refractivity contribution in [3.05, 3.63) is 15.6 Å². The molecular weight excluding hydrogens is 276 g/mol. The van der Waals surface area contributed by atoms with E-state index in [0.29, 0.717) is 5.92 Å². The van der Waals surface area contributed by atoms with Gasteiger partial charge in [0.1, 0.15) is 0 Å². The minimum Gasteiger partial charge on any atom is -0.481 e. The summed E-state index contributed by atoms with van der Waals surface area (Å²) in [4.78, 5) is 29.7. The molecule has 0 aliphatic rings. The molecule has 1 N–H and O–H groups in total. The Kier molecular flexibility index (Phi) is 5.68. The zero-order valence-corrected chi connectivity index (χ0v) is 13.5. The van der Waals surface area contributed by atoms with Crippen LogP contribution in [0.25, 0.3) is 0 Å². The van der Waals surface area contributed by atoms with Crippen molar-refractivity contribution in [2.24, 2.45) is 0 Å². The van der Waals surface area contributed by atoms with Crippen LogP contribution in [0.1, 0.15) is 61.2 Å². The zero-order valence-electron chi connectivity index (χ0n) is 12.6. The lowest BCUT2D eigenvalue weighted by Crippen LogP contribution is -2.29. The summed E-state index contributed by atoms with van der Waals surface area (Å²) in [6, 6.07) is -0.0821. The van der Waals surface area contributed by atoms with Gasteiger partial charge in [-0.15, -0.1) is 11.3 Å². The highest BCUT2D eigenvalue weighted by Gasteiger charge is 2.22. The molecule has 0 bridgehead atoms. The first-order chi connectivity index (χ1) is 9.23. The normalized spacial score (nSPS) is 12.5. The smallest absolute Gasteiger partial charge is 0.303 e. The Labute approximate surface area is 123 Å². The number of nitrogens with zero attached hydrogens (tertiary/aromatic N) is 2. The van der Waals surface area contributed by atoms with E-state index in [-0.39, 0.29) is 24.8 Å². The second-order valence-electron chi connectivity index (χ2n) is 5.23. The summed E-state index contributed by atoms with van der Waals surface area (Å²) < 4.78 is 0. The summed E-state index contributed by atoms with van der Waals surface area (Å²) in [6.45, 7) is 8.08. The van der Waals surface area contributed by atoms with Crippen molar-refractivity contribution in [1.82, 2.24) is 9.88 Å². The van der Waals surface area contributed by atoms with Crippen LogP contribution in [0.15, 0.2) is 0 Å². The molecule has 6 heteroatoms. The molecule has 1 heterocycles. The molecule has 1 aromatic heterocycles. The Morgan fingerprint density at radius 2 is 1.90 bits per heavy atom. The van der Waals surface area contributed by atoms with Crippen LogP contribution in [0.3, 0.4) is 0 Å². The monoisotopic (exact) mass is 298 g/mol. The van der Waals surface area contributed by atoms with E-state index in [9.17, 15) is 9.59 Å². The van der Waals surface area contributed by atoms with Crippen molar-refractivity contribution < 1.29 is 14.7 Å². The molecule has 1 aromatic rings. The van der Waals surface area contributed by atoms with E-state index in [1.54, 1.807) is 23.3 Å². The molecule has 0 saturated heterocycles. The fourth-order valence-corrected chi connectivity index (χ4v) is 3.01. The number of aliphatic carboxylic acids is 1. The summed E-state index contributed by atoms with van der Waals surface area (Å²) in [6.07, 6.45) is -0.0973. The molecular formula is C14H22N2O3S. The summed E-state index contributed by atoms with van der Waals surface area (Å²) in [7, 11) is 1.71. The van der Waals surface area contributed by atoms with Gasteiger partial charge in [-0.25, -0.2) is 4.98 Å². The van der Waals surface area contributed by atoms with Gasteiger partial charge in [-0.1, -0.05) is 13.8 Å². The molecule has 0 radical (unpaired) electrons. The maximum absolute atomic E-state index is 12.0. The van der Waals surface area contributed by atoms with Gasteiger partial charge >= 0.3 is 5.97 Å². The first-order valence-corrected chi connectivity index (χ1v) is 7.50. The van der Waals surface area contributed by atoms with Gasteiger partial charge < -0.3 is 10.0 Å². The molecule has 1 atom stereocenters. The van der Waals surface area contributed by atoms with E-state index in [1.807, 2.05) is 13.8 Å². The Hall–Kier alpha value is -1.43. The molecule has 5 nitrogen and oxygen atoms in total. The third-order valence-corrected chi connectivity index (χ3v) is 4.88. The van der Waals surface area contributed by atoms with Gasteiger partial charge in [0.05, 0.1) is 23.2 Å². The van der Waals surface area contributed by atoms with Crippen LogP contribution in [0.5, 0.6) is 0 Å². The summed E-state index contributed by atoms with van der Waals surface area (Å²) in [5.41, 5.74) is 0.948. The number of aryl methyl sites for hydroxylation is 1. The van der Waals surface area contributed by atoms with Gasteiger partial charge in [0.2, 0.25) is 5.91 Å². The van der Waals surface area contributed by atoms with Crippen molar-refractivity contribution in [2.75, 3.05) is 7.05 Å². The van der Waals surface area contributed by atoms with E-state index < -0.39 is 5.97 Å². The predicted octanol–water partition coefficient (Wildman–Crippen LogP) is 2.96. The molecule has 0 saturated carbocycles. The van der Waals surface area contributed by atoms with Crippen molar-refractivity contribution in [3.8, 4) is 0 Å². The van der Waals surface area contributed by atoms with Crippen LogP contribution in [0, 0.1) is 6.92 Å². The molecule has 112 valence electrons. The third kappa shape index (κ3) is 4.03. The van der Waals surface area contributed by atoms with Crippen LogP contribution >= 0.6 is 11.3 Å². The van der Waals surface area contributed by atoms with Crippen LogP contribution < -0.4 is 0 Å². The quantitative estimate of drug-likeness (QED) is 0.876. The molecule has 1 amide bonds. The largest absolute Gasteiger partial charge is 0.481 e. The molecule has 1 unspecified atom stereocenters. The highest BCUT2D eigenvalue weighted by atomic mass is 32.1. The predicted molar refractivity (Wildman–Crippen MR) is 79.0 cm³/mol. The SMILES string of the molecule is Cc1nc(C(C)C)sc1C(C)N(C)C(=O)CCC(=O)O. The summed E-state index contributed by atoms with van der Waals surface area (Å²) in [5.74, 6) is -0.734. The number of hydrogen-bond acceptors (Lipinski definition) is 4. The first-order valence-electron chi connectivity index (χ1n) is 6.68. The highest BCUT2D eigenvalue weighted by Crippen LogP contribution is 2.32. The minimum absolute atomic E-state index is 0.0328. The fraction of sp³-hybridized carbons (Fsp3) is 0.643. The van der Waals surface area contributed by atoms with Crippen LogP contribution in [0.2, 0.25) is 0 Å². The molecule has 0 aromatic carbocycles. The lowest BCUT2D eigenvalue weighted by atomic mass is 10.2. The number of carboxylic acid groups (broad SMARTS) is 1. The number of carboxylic acids is 1. The maximum atomic E-state index is 12.0. The zero-order chi connectivity index (χ0) is 15.4. The van der Waals surface area contributed by atoms with Gasteiger partial charge in [0.25, 0.3) is 0 Å². The highest BCUT2D eigenvalue weighted by molar-refractivity contribution is 7.11. The van der Waals surface area contributed by atoms with E-state index in [0.717, 1.165) is 15.6 Å². The standard InChI is InChI=1S/C14H22N2O3S/c1-8(2)14-15-9(3)13(20-14)10(4)16(5)11(17)6-7-12(18)19/h8,10H,6-7H2,1-5H3,(H,18,19). The van der Waals surface area contributed by atoms with Gasteiger partial charge in [-0.3, -0.25) is 9.59 Å². The Morgan fingerprint density at radius 3 is 2.35 bits per heavy atom. The minimum atomic E-state index is -0.949. The van der Waals surface area contributed by atoms with Gasteiger partial charge in [-0.05, 0) is 13.8 Å². The Morgan fingerprint density at radius 1 is 1.30 bits per heavy atom. The van der Waals surface area contributed by atoms with Crippen LogP contribution in [0.4, 0.5) is 0 Å². The maximum Gasteiger partial charge on any atom is 0.303 e.